The maximum Gasteiger partial charge on any atom is 0.269 e. The van der Waals surface area contributed by atoms with Crippen molar-refractivity contribution in [2.24, 2.45) is 0 Å². The van der Waals surface area contributed by atoms with Crippen LogP contribution in [0.5, 0.6) is 0 Å². The van der Waals surface area contributed by atoms with Crippen LogP contribution in [0.3, 0.4) is 0 Å². The van der Waals surface area contributed by atoms with E-state index in [0.717, 1.165) is 16.8 Å². The minimum atomic E-state index is -0.435. The van der Waals surface area contributed by atoms with Gasteiger partial charge in [0.2, 0.25) is 5.91 Å². The zero-order chi connectivity index (χ0) is 14.3. The SMILES string of the molecule is Cc1[nH]nc2c1[C@H](c1cccc([N+](=O)[O-])c1)CC(=O)N2. The predicted octanol–water partition coefficient (Wildman–Crippen LogP) is 2.10. The van der Waals surface area contributed by atoms with E-state index in [4.69, 9.17) is 0 Å². The van der Waals surface area contributed by atoms with Crippen molar-refractivity contribution in [3.63, 3.8) is 0 Å². The Morgan fingerprint density at radius 2 is 2.25 bits per heavy atom. The lowest BCUT2D eigenvalue weighted by atomic mass is 9.86. The van der Waals surface area contributed by atoms with E-state index in [1.165, 1.54) is 12.1 Å². The maximum atomic E-state index is 11.7. The second kappa shape index (κ2) is 4.44. The highest BCUT2D eigenvalue weighted by Crippen LogP contribution is 2.38. The average molecular weight is 272 g/mol. The third-order valence-electron chi connectivity index (χ3n) is 3.47. The fraction of sp³-hybridized carbons (Fsp3) is 0.231. The van der Waals surface area contributed by atoms with Crippen LogP contribution in [0.2, 0.25) is 0 Å². The van der Waals surface area contributed by atoms with Crippen LogP contribution in [0.1, 0.15) is 29.2 Å². The number of aromatic nitrogens is 2. The van der Waals surface area contributed by atoms with Gasteiger partial charge in [-0.15, -0.1) is 0 Å². The summed E-state index contributed by atoms with van der Waals surface area (Å²) < 4.78 is 0. The zero-order valence-corrected chi connectivity index (χ0v) is 10.7. The number of hydrogen-bond donors (Lipinski definition) is 2. The van der Waals surface area contributed by atoms with Gasteiger partial charge in [0.25, 0.3) is 5.69 Å². The second-order valence-corrected chi connectivity index (χ2v) is 4.77. The van der Waals surface area contributed by atoms with Crippen LogP contribution in [-0.2, 0) is 4.79 Å². The first-order chi connectivity index (χ1) is 9.56. The molecule has 0 fully saturated rings. The van der Waals surface area contributed by atoms with Crippen molar-refractivity contribution in [3.8, 4) is 0 Å². The molecule has 0 radical (unpaired) electrons. The van der Waals surface area contributed by atoms with Crippen molar-refractivity contribution in [3.05, 3.63) is 51.2 Å². The van der Waals surface area contributed by atoms with Crippen LogP contribution in [-0.4, -0.2) is 21.0 Å². The topological polar surface area (TPSA) is 101 Å². The summed E-state index contributed by atoms with van der Waals surface area (Å²) in [5.41, 5.74) is 2.53. The molecular weight excluding hydrogens is 260 g/mol. The van der Waals surface area contributed by atoms with Gasteiger partial charge in [-0.3, -0.25) is 20.0 Å². The average Bonchev–Trinajstić information content (AvgIpc) is 2.79. The van der Waals surface area contributed by atoms with Gasteiger partial charge in [-0.1, -0.05) is 12.1 Å². The minimum absolute atomic E-state index is 0.0242. The highest BCUT2D eigenvalue weighted by atomic mass is 16.6. The third-order valence-corrected chi connectivity index (χ3v) is 3.47. The minimum Gasteiger partial charge on any atom is -0.309 e. The fourth-order valence-electron chi connectivity index (χ4n) is 2.57. The number of nitrogens with zero attached hydrogens (tertiary/aromatic N) is 2. The molecule has 2 heterocycles. The molecule has 0 bridgehead atoms. The summed E-state index contributed by atoms with van der Waals surface area (Å²) in [6, 6.07) is 6.39. The number of rotatable bonds is 2. The second-order valence-electron chi connectivity index (χ2n) is 4.77. The molecule has 3 rings (SSSR count). The molecule has 1 aliphatic heterocycles. The Hall–Kier alpha value is -2.70. The molecule has 1 amide bonds. The van der Waals surface area contributed by atoms with E-state index in [1.807, 2.05) is 6.92 Å². The van der Waals surface area contributed by atoms with Crippen molar-refractivity contribution in [1.82, 2.24) is 10.2 Å². The number of aromatic amines is 1. The molecule has 1 aromatic heterocycles. The van der Waals surface area contributed by atoms with E-state index >= 15 is 0 Å². The molecule has 1 aliphatic rings. The van der Waals surface area contributed by atoms with Crippen LogP contribution in [0.25, 0.3) is 0 Å². The summed E-state index contributed by atoms with van der Waals surface area (Å²) in [7, 11) is 0. The largest absolute Gasteiger partial charge is 0.309 e. The summed E-state index contributed by atoms with van der Waals surface area (Å²) in [4.78, 5) is 22.2. The number of aryl methyl sites for hydroxylation is 1. The van der Waals surface area contributed by atoms with Crippen molar-refractivity contribution in [2.75, 3.05) is 5.32 Å². The van der Waals surface area contributed by atoms with E-state index < -0.39 is 4.92 Å². The number of nitro benzene ring substituents is 1. The number of fused-ring (bicyclic) bond motifs is 1. The van der Waals surface area contributed by atoms with Crippen LogP contribution >= 0.6 is 0 Å². The monoisotopic (exact) mass is 272 g/mol. The number of anilines is 1. The molecule has 2 aromatic rings. The first-order valence-corrected chi connectivity index (χ1v) is 6.15. The van der Waals surface area contributed by atoms with E-state index in [1.54, 1.807) is 12.1 Å². The van der Waals surface area contributed by atoms with Crippen LogP contribution in [0, 0.1) is 17.0 Å². The van der Waals surface area contributed by atoms with Crippen molar-refractivity contribution in [2.45, 2.75) is 19.3 Å². The number of carbonyl (C=O) groups is 1. The molecule has 7 heteroatoms. The van der Waals surface area contributed by atoms with Crippen molar-refractivity contribution >= 4 is 17.4 Å². The molecule has 0 saturated heterocycles. The van der Waals surface area contributed by atoms with Gasteiger partial charge >= 0.3 is 0 Å². The molecule has 0 unspecified atom stereocenters. The smallest absolute Gasteiger partial charge is 0.269 e. The lowest BCUT2D eigenvalue weighted by Crippen LogP contribution is -2.23. The number of hydrogen-bond acceptors (Lipinski definition) is 4. The molecule has 2 N–H and O–H groups in total. The number of nitrogens with one attached hydrogen (secondary N) is 2. The van der Waals surface area contributed by atoms with Crippen LogP contribution in [0.4, 0.5) is 11.5 Å². The lowest BCUT2D eigenvalue weighted by Gasteiger charge is -2.22. The van der Waals surface area contributed by atoms with Gasteiger partial charge < -0.3 is 5.32 Å². The Bertz CT molecular complexity index is 707. The van der Waals surface area contributed by atoms with E-state index in [-0.39, 0.29) is 23.9 Å². The Kier molecular flexibility index (Phi) is 2.74. The van der Waals surface area contributed by atoms with Gasteiger partial charge in [-0.2, -0.15) is 5.10 Å². The summed E-state index contributed by atoms with van der Waals surface area (Å²) in [5.74, 6) is 0.160. The number of non-ortho nitro benzene ring substituents is 1. The van der Waals surface area contributed by atoms with Crippen LogP contribution in [0.15, 0.2) is 24.3 Å². The van der Waals surface area contributed by atoms with Gasteiger partial charge in [0.05, 0.1) is 4.92 Å². The number of nitro groups is 1. The molecule has 1 aromatic carbocycles. The normalized spacial score (nSPS) is 17.4. The lowest BCUT2D eigenvalue weighted by molar-refractivity contribution is -0.384. The van der Waals surface area contributed by atoms with Crippen molar-refractivity contribution in [1.29, 1.82) is 0 Å². The summed E-state index contributed by atoms with van der Waals surface area (Å²) in [6.45, 7) is 1.87. The molecule has 1 atom stereocenters. The Balaban J connectivity index is 2.10. The number of amides is 1. The Labute approximate surface area is 114 Å². The fourth-order valence-corrected chi connectivity index (χ4v) is 2.57. The van der Waals surface area contributed by atoms with Gasteiger partial charge in [-0.05, 0) is 12.5 Å². The van der Waals surface area contributed by atoms with Crippen LogP contribution < -0.4 is 5.32 Å². The summed E-state index contributed by atoms with van der Waals surface area (Å²) in [5, 5.41) is 20.5. The zero-order valence-electron chi connectivity index (χ0n) is 10.7. The van der Waals surface area contributed by atoms with E-state index in [0.29, 0.717) is 5.82 Å². The standard InChI is InChI=1S/C13H12N4O3/c1-7-12-10(6-11(18)14-13(12)16-15-7)8-3-2-4-9(5-8)17(19)20/h2-5,10H,6H2,1H3,(H2,14,15,16,18)/t10-/m0/s1. The van der Waals surface area contributed by atoms with E-state index in [2.05, 4.69) is 15.5 Å². The Morgan fingerprint density at radius 1 is 1.45 bits per heavy atom. The van der Waals surface area contributed by atoms with Gasteiger partial charge in [0.15, 0.2) is 5.82 Å². The molecule has 0 aliphatic carbocycles. The first-order valence-electron chi connectivity index (χ1n) is 6.15. The number of carbonyl (C=O) groups excluding carboxylic acids is 1. The number of benzene rings is 1. The highest BCUT2D eigenvalue weighted by Gasteiger charge is 2.30. The third kappa shape index (κ3) is 1.93. The Morgan fingerprint density at radius 3 is 3.00 bits per heavy atom. The molecular formula is C13H12N4O3. The summed E-state index contributed by atoms with van der Waals surface area (Å²) in [6.07, 6.45) is 0.258. The quantitative estimate of drug-likeness (QED) is 0.645. The highest BCUT2D eigenvalue weighted by molar-refractivity contribution is 5.94. The maximum absolute atomic E-state index is 11.7. The molecule has 102 valence electrons. The number of H-pyrrole nitrogens is 1. The first kappa shape index (κ1) is 12.3. The van der Waals surface area contributed by atoms with Gasteiger partial charge in [0.1, 0.15) is 0 Å². The summed E-state index contributed by atoms with van der Waals surface area (Å²) >= 11 is 0. The molecule has 0 spiro atoms. The predicted molar refractivity (Wildman–Crippen MR) is 71.5 cm³/mol. The van der Waals surface area contributed by atoms with Gasteiger partial charge in [0, 0.05) is 35.7 Å². The van der Waals surface area contributed by atoms with E-state index in [9.17, 15) is 14.9 Å². The van der Waals surface area contributed by atoms with Crippen molar-refractivity contribution < 1.29 is 9.72 Å². The molecule has 7 nitrogen and oxygen atoms in total. The molecule has 20 heavy (non-hydrogen) atoms. The van der Waals surface area contributed by atoms with Gasteiger partial charge in [-0.25, -0.2) is 0 Å². The molecule has 0 saturated carbocycles.